The van der Waals surface area contributed by atoms with Crippen LogP contribution in [0.4, 0.5) is 4.79 Å². The summed E-state index contributed by atoms with van der Waals surface area (Å²) in [5.74, 6) is 0.417. The van der Waals surface area contributed by atoms with E-state index >= 15 is 0 Å². The van der Waals surface area contributed by atoms with E-state index in [1.165, 1.54) is 33.3 Å². The summed E-state index contributed by atoms with van der Waals surface area (Å²) in [4.78, 5) is 20.6. The molecule has 0 bridgehead atoms. The Morgan fingerprint density at radius 1 is 1.34 bits per heavy atom. The lowest BCUT2D eigenvalue weighted by Gasteiger charge is -2.46. The molecule has 1 saturated heterocycles. The van der Waals surface area contributed by atoms with E-state index in [4.69, 9.17) is 0 Å². The monoisotopic (exact) mass is 394 g/mol. The quantitative estimate of drug-likeness (QED) is 0.813. The minimum atomic E-state index is 0.0571. The predicted molar refractivity (Wildman–Crippen MR) is 120 cm³/mol. The number of piperidine rings is 1. The maximum Gasteiger partial charge on any atom is 0.317 e. The molecule has 156 valence electrons. The summed E-state index contributed by atoms with van der Waals surface area (Å²) in [5.41, 5.74) is 7.69. The number of aromatic amines is 1. The molecule has 5 heteroatoms. The molecule has 1 fully saturated rings. The van der Waals surface area contributed by atoms with Crippen LogP contribution >= 0.6 is 0 Å². The number of carbonyl (C=O) groups is 1. The van der Waals surface area contributed by atoms with Crippen molar-refractivity contribution in [2.24, 2.45) is 0 Å². The number of allylic oxidation sites excluding steroid dienone is 1. The van der Waals surface area contributed by atoms with Gasteiger partial charge in [0.1, 0.15) is 0 Å². The van der Waals surface area contributed by atoms with Crippen molar-refractivity contribution < 1.29 is 4.79 Å². The van der Waals surface area contributed by atoms with Gasteiger partial charge in [-0.2, -0.15) is 0 Å². The van der Waals surface area contributed by atoms with Crippen LogP contribution in [0.2, 0.25) is 0 Å². The first-order chi connectivity index (χ1) is 13.8. The normalized spacial score (nSPS) is 23.7. The summed E-state index contributed by atoms with van der Waals surface area (Å²) in [6, 6.07) is 5.29. The number of amides is 2. The smallest absolute Gasteiger partial charge is 0.317 e. The number of hydrogen-bond donors (Lipinski definition) is 2. The first kappa shape index (κ1) is 20.0. The number of benzene rings is 1. The second-order valence-corrected chi connectivity index (χ2v) is 8.87. The molecular formula is C24H34N4O. The second kappa shape index (κ2) is 7.52. The van der Waals surface area contributed by atoms with E-state index in [-0.39, 0.29) is 12.1 Å². The lowest BCUT2D eigenvalue weighted by molar-refractivity contribution is 0.124. The lowest BCUT2D eigenvalue weighted by Crippen LogP contribution is -2.56. The van der Waals surface area contributed by atoms with Crippen molar-refractivity contribution >= 4 is 22.5 Å². The molecule has 2 heterocycles. The summed E-state index contributed by atoms with van der Waals surface area (Å²) in [6.07, 6.45) is 2.06. The van der Waals surface area contributed by atoms with E-state index < -0.39 is 0 Å². The Balaban J connectivity index is 1.71. The van der Waals surface area contributed by atoms with Crippen LogP contribution in [0.15, 0.2) is 18.7 Å². The Morgan fingerprint density at radius 3 is 2.72 bits per heavy atom. The number of fused-ring (bicyclic) bond motifs is 2. The first-order valence-electron chi connectivity index (χ1n) is 10.9. The van der Waals surface area contributed by atoms with Crippen molar-refractivity contribution in [1.82, 2.24) is 20.1 Å². The third kappa shape index (κ3) is 3.35. The highest BCUT2D eigenvalue weighted by molar-refractivity contribution is 5.92. The molecule has 2 aromatic rings. The number of H-pyrrole nitrogens is 1. The van der Waals surface area contributed by atoms with Crippen molar-refractivity contribution in [2.75, 3.05) is 26.7 Å². The van der Waals surface area contributed by atoms with Crippen molar-refractivity contribution in [3.05, 3.63) is 41.1 Å². The lowest BCUT2D eigenvalue weighted by atomic mass is 9.73. The number of aryl methyl sites for hydroxylation is 1. The van der Waals surface area contributed by atoms with Gasteiger partial charge in [-0.1, -0.05) is 18.2 Å². The van der Waals surface area contributed by atoms with Crippen LogP contribution in [0.1, 0.15) is 55.5 Å². The van der Waals surface area contributed by atoms with Crippen LogP contribution in [0.25, 0.3) is 16.5 Å². The van der Waals surface area contributed by atoms with Gasteiger partial charge in [0.15, 0.2) is 0 Å². The average molecular weight is 395 g/mol. The summed E-state index contributed by atoms with van der Waals surface area (Å²) in [6.45, 7) is 14.9. The van der Waals surface area contributed by atoms with Gasteiger partial charge in [-0.25, -0.2) is 4.79 Å². The highest BCUT2D eigenvalue weighted by Gasteiger charge is 2.40. The molecule has 1 aromatic heterocycles. The van der Waals surface area contributed by atoms with Crippen LogP contribution in [-0.4, -0.2) is 59.6 Å². The molecule has 1 aliphatic heterocycles. The fourth-order valence-corrected chi connectivity index (χ4v) is 5.41. The molecule has 1 aromatic carbocycles. The third-order valence-electron chi connectivity index (χ3n) is 7.01. The van der Waals surface area contributed by atoms with E-state index in [1.54, 1.807) is 0 Å². The Labute approximate surface area is 174 Å². The molecule has 29 heavy (non-hydrogen) atoms. The topological polar surface area (TPSA) is 51.4 Å². The molecule has 3 atom stereocenters. The number of hydrogen-bond acceptors (Lipinski definition) is 2. The fourth-order valence-electron chi connectivity index (χ4n) is 5.41. The van der Waals surface area contributed by atoms with Crippen molar-refractivity contribution in [1.29, 1.82) is 0 Å². The number of carbonyl (C=O) groups excluding carboxylic acids is 1. The molecule has 1 aliphatic carbocycles. The fraction of sp³-hybridized carbons (Fsp3) is 0.542. The number of likely N-dealkylation sites (N-methyl/N-ethyl adjacent to an activating group) is 1. The zero-order valence-electron chi connectivity index (χ0n) is 18.4. The number of nitrogens with one attached hydrogen (secondary N) is 2. The van der Waals surface area contributed by atoms with Crippen LogP contribution in [-0.2, 0) is 6.42 Å². The van der Waals surface area contributed by atoms with Crippen LogP contribution in [0.5, 0.6) is 0 Å². The maximum atomic E-state index is 12.7. The number of aromatic nitrogens is 1. The summed E-state index contributed by atoms with van der Waals surface area (Å²) < 4.78 is 0. The van der Waals surface area contributed by atoms with Gasteiger partial charge < -0.3 is 20.1 Å². The Hall–Kier alpha value is -2.27. The van der Waals surface area contributed by atoms with Crippen molar-refractivity contribution in [2.45, 2.75) is 58.5 Å². The van der Waals surface area contributed by atoms with Gasteiger partial charge in [0.2, 0.25) is 0 Å². The van der Waals surface area contributed by atoms with Gasteiger partial charge in [0.05, 0.1) is 0 Å². The Morgan fingerprint density at radius 2 is 2.07 bits per heavy atom. The Kier molecular flexibility index (Phi) is 5.19. The van der Waals surface area contributed by atoms with Crippen molar-refractivity contribution in [3.8, 4) is 0 Å². The van der Waals surface area contributed by atoms with Gasteiger partial charge in [0, 0.05) is 54.2 Å². The maximum absolute atomic E-state index is 12.7. The van der Waals surface area contributed by atoms with Gasteiger partial charge in [-0.3, -0.25) is 0 Å². The van der Waals surface area contributed by atoms with E-state index in [9.17, 15) is 4.79 Å². The number of nitrogens with zero attached hydrogens (tertiary/aromatic N) is 2. The number of rotatable bonds is 4. The minimum Gasteiger partial charge on any atom is -0.358 e. The molecule has 0 saturated carbocycles. The molecule has 0 radical (unpaired) electrons. The standard InChI is InChI=1S/C24H34N4O/c1-7-28(8-2)24(29)26-17-11-19-20-9-16(14(3)4)10-21-23(20)18(15(5)25-21)12-22(19)27(6)13-17/h9-10,17,19,22,25H,3,7-8,11-13H2,1-2,4-6H3,(H,26,29)/t17-,19+,22+/m0/s1. The predicted octanol–water partition coefficient (Wildman–Crippen LogP) is 4.27. The molecule has 5 nitrogen and oxygen atoms in total. The molecule has 2 amide bonds. The van der Waals surface area contributed by atoms with Gasteiger partial charge in [-0.15, -0.1) is 0 Å². The van der Waals surface area contributed by atoms with Crippen LogP contribution in [0.3, 0.4) is 0 Å². The van der Waals surface area contributed by atoms with Crippen LogP contribution < -0.4 is 5.32 Å². The number of urea groups is 1. The average Bonchev–Trinajstić information content (AvgIpc) is 2.99. The SMILES string of the molecule is C=C(C)c1cc2c3c(c(C)[nH]c3c1)C[C@@H]1[C@@H]2C[C@H](NC(=O)N(CC)CC)CN1C. The molecule has 0 unspecified atom stereocenters. The summed E-state index contributed by atoms with van der Waals surface area (Å²) in [5, 5.41) is 4.70. The first-order valence-corrected chi connectivity index (χ1v) is 10.9. The minimum absolute atomic E-state index is 0.0571. The van der Waals surface area contributed by atoms with E-state index in [0.717, 1.165) is 38.0 Å². The molecule has 2 aliphatic rings. The molecule has 0 spiro atoms. The second-order valence-electron chi connectivity index (χ2n) is 8.87. The highest BCUT2D eigenvalue weighted by atomic mass is 16.2. The van der Waals surface area contributed by atoms with Gasteiger partial charge in [-0.05, 0) is 70.3 Å². The Bertz CT molecular complexity index is 955. The van der Waals surface area contributed by atoms with E-state index in [2.05, 4.69) is 54.8 Å². The third-order valence-corrected chi connectivity index (χ3v) is 7.01. The van der Waals surface area contributed by atoms with Crippen molar-refractivity contribution in [3.63, 3.8) is 0 Å². The van der Waals surface area contributed by atoms with Crippen LogP contribution in [0, 0.1) is 6.92 Å². The largest absolute Gasteiger partial charge is 0.358 e. The zero-order chi connectivity index (χ0) is 20.9. The summed E-state index contributed by atoms with van der Waals surface area (Å²) in [7, 11) is 2.21. The summed E-state index contributed by atoms with van der Waals surface area (Å²) >= 11 is 0. The molecule has 4 rings (SSSR count). The van der Waals surface area contributed by atoms with Gasteiger partial charge >= 0.3 is 6.03 Å². The van der Waals surface area contributed by atoms with E-state index in [1.807, 2.05) is 18.7 Å². The number of likely N-dealkylation sites (tertiary alicyclic amines) is 1. The van der Waals surface area contributed by atoms with Gasteiger partial charge in [0.25, 0.3) is 0 Å². The molecular weight excluding hydrogens is 360 g/mol. The zero-order valence-corrected chi connectivity index (χ0v) is 18.4. The van der Waals surface area contributed by atoms with E-state index in [0.29, 0.717) is 12.0 Å². The molecule has 2 N–H and O–H groups in total. The highest BCUT2D eigenvalue weighted by Crippen LogP contribution is 2.45.